The van der Waals surface area contributed by atoms with E-state index >= 15 is 0 Å². The zero-order valence-electron chi connectivity index (χ0n) is 9.62. The van der Waals surface area contributed by atoms with Crippen molar-refractivity contribution in [1.82, 2.24) is 0 Å². The molecule has 0 aromatic carbocycles. The van der Waals surface area contributed by atoms with Crippen molar-refractivity contribution in [3.63, 3.8) is 0 Å². The molecule has 0 aliphatic carbocycles. The number of rotatable bonds is 4. The van der Waals surface area contributed by atoms with Crippen LogP contribution < -0.4 is 22.9 Å². The van der Waals surface area contributed by atoms with Crippen LogP contribution in [-0.4, -0.2) is 44.2 Å². The summed E-state index contributed by atoms with van der Waals surface area (Å²) in [4.78, 5) is 0. The van der Waals surface area contributed by atoms with Crippen molar-refractivity contribution in [3.8, 4) is 0 Å². The van der Waals surface area contributed by atoms with Gasteiger partial charge in [0.2, 0.25) is 0 Å². The molecule has 0 atom stereocenters. The summed E-state index contributed by atoms with van der Waals surface area (Å²) in [5.74, 6) is -0.369. The minimum absolute atomic E-state index is 0. The van der Waals surface area contributed by atoms with Gasteiger partial charge in [-0.1, -0.05) is 20.6 Å². The van der Waals surface area contributed by atoms with E-state index in [9.17, 15) is 0 Å². The molecule has 13 heteroatoms. The van der Waals surface area contributed by atoms with Crippen LogP contribution in [0.5, 0.6) is 0 Å². The average Bonchev–Trinajstić information content (AvgIpc) is 2.38. The van der Waals surface area contributed by atoms with Crippen molar-refractivity contribution in [2.75, 3.05) is 0 Å². The number of hydrogen-bond acceptors (Lipinski definition) is 8. The second-order valence-electron chi connectivity index (χ2n) is 2.72. The molecule has 0 bridgehead atoms. The van der Waals surface area contributed by atoms with Crippen LogP contribution in [0.2, 0.25) is 0 Å². The van der Waals surface area contributed by atoms with Gasteiger partial charge in [-0.05, 0) is 0 Å². The Balaban J connectivity index is -0.000000256. The van der Waals surface area contributed by atoms with Crippen LogP contribution >= 0.6 is 0 Å². The molecule has 0 aliphatic heterocycles. The second-order valence-corrected chi connectivity index (χ2v) is 2.72. The van der Waals surface area contributed by atoms with E-state index in [2.05, 4.69) is 20.6 Å². The normalized spacial score (nSPS) is 13.1. The van der Waals surface area contributed by atoms with E-state index < -0.39 is 0 Å². The monoisotopic (exact) mass is 322 g/mol. The summed E-state index contributed by atoms with van der Waals surface area (Å²) in [6.45, 7) is 0. The molecule has 12 N–H and O–H groups in total. The number of amidine groups is 4. The van der Waals surface area contributed by atoms with Crippen molar-refractivity contribution in [1.29, 1.82) is 0 Å². The summed E-state index contributed by atoms with van der Waals surface area (Å²) in [6, 6.07) is 0. The predicted molar refractivity (Wildman–Crippen MR) is 62.9 cm³/mol. The number of nitrogens with zero attached hydrogens (tertiary/aromatic N) is 4. The van der Waals surface area contributed by atoms with Gasteiger partial charge < -0.3 is 43.8 Å². The van der Waals surface area contributed by atoms with Crippen LogP contribution in [0.4, 0.5) is 0 Å². The third-order valence-electron chi connectivity index (χ3n) is 1.24. The third kappa shape index (κ3) is 15.6. The SMILES string of the molecule is NC(CC(N)=NO)=NO.NC(CC(N)=NO)=NO.[Ni]. The maximum atomic E-state index is 7.95. The fourth-order valence-electron chi connectivity index (χ4n) is 0.513. The second kappa shape index (κ2) is 13.6. The predicted octanol–water partition coefficient (Wildman–Crippen LogP) is -2.26. The van der Waals surface area contributed by atoms with E-state index in [1.54, 1.807) is 0 Å². The first kappa shape index (κ1) is 21.8. The summed E-state index contributed by atoms with van der Waals surface area (Å²) < 4.78 is 0. The number of hydrogen-bond donors (Lipinski definition) is 8. The Labute approximate surface area is 118 Å². The van der Waals surface area contributed by atoms with Gasteiger partial charge in [0.05, 0.1) is 12.8 Å². The van der Waals surface area contributed by atoms with Crippen LogP contribution in [0.25, 0.3) is 0 Å². The Hall–Kier alpha value is -2.43. The molecule has 0 aromatic rings. The maximum Gasteiger partial charge on any atom is 0.146 e. The Morgan fingerprint density at radius 2 is 0.737 bits per heavy atom. The van der Waals surface area contributed by atoms with Gasteiger partial charge in [0.1, 0.15) is 23.3 Å². The molecule has 0 saturated heterocycles. The van der Waals surface area contributed by atoms with Crippen molar-refractivity contribution >= 4 is 23.3 Å². The van der Waals surface area contributed by atoms with Gasteiger partial charge in [-0.15, -0.1) is 0 Å². The van der Waals surface area contributed by atoms with E-state index in [0.29, 0.717) is 0 Å². The molecule has 0 unspecified atom stereocenters. The minimum atomic E-state index is -0.0923. The Bertz CT molecular complexity index is 289. The van der Waals surface area contributed by atoms with E-state index in [0.717, 1.165) is 0 Å². The quantitative estimate of drug-likeness (QED) is 0.0921. The van der Waals surface area contributed by atoms with Crippen LogP contribution in [0.15, 0.2) is 20.6 Å². The summed E-state index contributed by atoms with van der Waals surface area (Å²) >= 11 is 0. The molecule has 0 amide bonds. The number of nitrogens with two attached hydrogens (primary N) is 4. The average molecular weight is 323 g/mol. The summed E-state index contributed by atoms with van der Waals surface area (Å²) in [5, 5.41) is 42.2. The Morgan fingerprint density at radius 3 is 0.842 bits per heavy atom. The topological polar surface area (TPSA) is 234 Å². The standard InChI is InChI=1S/2C3H8N4O2.Ni/c2*4-2(6-8)1-3(5)7-9;/h2*8-9H,1H2,(H2,4,6)(H2,5,7);. The fourth-order valence-corrected chi connectivity index (χ4v) is 0.513. The maximum absolute atomic E-state index is 7.95. The van der Waals surface area contributed by atoms with Crippen molar-refractivity contribution in [3.05, 3.63) is 0 Å². The van der Waals surface area contributed by atoms with Crippen LogP contribution in [-0.2, 0) is 16.5 Å². The van der Waals surface area contributed by atoms with Gasteiger partial charge in [0.25, 0.3) is 0 Å². The Morgan fingerprint density at radius 1 is 0.579 bits per heavy atom. The third-order valence-corrected chi connectivity index (χ3v) is 1.24. The van der Waals surface area contributed by atoms with Gasteiger partial charge in [-0.3, -0.25) is 0 Å². The molecule has 0 radical (unpaired) electrons. The molecule has 19 heavy (non-hydrogen) atoms. The van der Waals surface area contributed by atoms with Crippen LogP contribution in [0.1, 0.15) is 12.8 Å². The van der Waals surface area contributed by atoms with Crippen LogP contribution in [0.3, 0.4) is 0 Å². The Kier molecular flexibility index (Phi) is 15.7. The molecule has 0 spiro atoms. The molecule has 0 aromatic heterocycles. The van der Waals surface area contributed by atoms with Gasteiger partial charge in [-0.25, -0.2) is 0 Å². The van der Waals surface area contributed by atoms with Gasteiger partial charge in [0.15, 0.2) is 0 Å². The summed E-state index contributed by atoms with van der Waals surface area (Å²) in [6.07, 6.45) is -0.0694. The first-order valence-corrected chi connectivity index (χ1v) is 4.26. The zero-order valence-corrected chi connectivity index (χ0v) is 10.6. The summed E-state index contributed by atoms with van der Waals surface area (Å²) in [5.41, 5.74) is 19.9. The molecule has 0 heterocycles. The first-order valence-electron chi connectivity index (χ1n) is 4.26. The van der Waals surface area contributed by atoms with E-state index in [1.165, 1.54) is 0 Å². The van der Waals surface area contributed by atoms with Crippen LogP contribution in [0, 0.1) is 0 Å². The molecule has 12 nitrogen and oxygen atoms in total. The number of oxime groups is 4. The minimum Gasteiger partial charge on any atom is -0.409 e. The molecule has 114 valence electrons. The van der Waals surface area contributed by atoms with Crippen molar-refractivity contribution in [2.45, 2.75) is 12.8 Å². The van der Waals surface area contributed by atoms with E-state index in [-0.39, 0.29) is 52.7 Å². The molecule has 0 saturated carbocycles. The zero-order chi connectivity index (χ0) is 14.6. The first-order chi connectivity index (χ1) is 8.40. The van der Waals surface area contributed by atoms with Crippen molar-refractivity contribution in [2.24, 2.45) is 43.6 Å². The summed E-state index contributed by atoms with van der Waals surface area (Å²) in [7, 11) is 0. The van der Waals surface area contributed by atoms with E-state index in [1.807, 2.05) is 0 Å². The fraction of sp³-hybridized carbons (Fsp3) is 0.333. The smallest absolute Gasteiger partial charge is 0.146 e. The molecule has 0 aliphatic rings. The van der Waals surface area contributed by atoms with E-state index in [4.69, 9.17) is 43.8 Å². The molecule has 0 rings (SSSR count). The molecular formula is C6H16N8NiO4. The largest absolute Gasteiger partial charge is 0.409 e. The molecule has 0 fully saturated rings. The van der Waals surface area contributed by atoms with Gasteiger partial charge in [0, 0.05) is 16.5 Å². The van der Waals surface area contributed by atoms with Crippen molar-refractivity contribution < 1.29 is 37.3 Å². The van der Waals surface area contributed by atoms with Gasteiger partial charge in [-0.2, -0.15) is 0 Å². The molecular weight excluding hydrogens is 307 g/mol. The van der Waals surface area contributed by atoms with Gasteiger partial charge >= 0.3 is 0 Å².